The van der Waals surface area contributed by atoms with Crippen LogP contribution in [0.3, 0.4) is 0 Å². The van der Waals surface area contributed by atoms with E-state index < -0.39 is 0 Å². The summed E-state index contributed by atoms with van der Waals surface area (Å²) < 4.78 is 0. The first-order valence-corrected chi connectivity index (χ1v) is 10.2. The highest BCUT2D eigenvalue weighted by molar-refractivity contribution is 5.76. The van der Waals surface area contributed by atoms with Crippen molar-refractivity contribution < 1.29 is 9.90 Å². The SMILES string of the molecule is C=CC(C)(CCC(C)(C)CC(C)(C)CC)CC(C)(C)CC(=O)NCCO. The fourth-order valence-corrected chi connectivity index (χ4v) is 4.24. The van der Waals surface area contributed by atoms with Crippen LogP contribution < -0.4 is 5.32 Å². The van der Waals surface area contributed by atoms with Gasteiger partial charge in [-0.1, -0.05) is 67.9 Å². The molecular formula is C23H45NO2. The van der Waals surface area contributed by atoms with Crippen molar-refractivity contribution in [2.75, 3.05) is 13.2 Å². The minimum absolute atomic E-state index is 0.0142. The van der Waals surface area contributed by atoms with E-state index in [2.05, 4.69) is 73.4 Å². The molecule has 3 heteroatoms. The summed E-state index contributed by atoms with van der Waals surface area (Å²) in [5.41, 5.74) is 0.592. The molecule has 3 nitrogen and oxygen atoms in total. The quantitative estimate of drug-likeness (QED) is 0.409. The van der Waals surface area contributed by atoms with Crippen LogP contribution in [-0.2, 0) is 4.79 Å². The number of aliphatic hydroxyl groups is 1. The topological polar surface area (TPSA) is 49.3 Å². The third kappa shape index (κ3) is 10.4. The summed E-state index contributed by atoms with van der Waals surface area (Å²) in [4.78, 5) is 12.1. The summed E-state index contributed by atoms with van der Waals surface area (Å²) in [6.07, 6.45) is 8.16. The Morgan fingerprint density at radius 1 is 0.962 bits per heavy atom. The number of hydrogen-bond donors (Lipinski definition) is 2. The van der Waals surface area contributed by atoms with Crippen molar-refractivity contribution in [3.05, 3.63) is 12.7 Å². The van der Waals surface area contributed by atoms with Crippen LogP contribution in [0.15, 0.2) is 12.7 Å². The summed E-state index contributed by atoms with van der Waals surface area (Å²) in [5, 5.41) is 11.6. The highest BCUT2D eigenvalue weighted by Gasteiger charge is 2.34. The smallest absolute Gasteiger partial charge is 0.220 e. The Balaban J connectivity index is 4.85. The molecule has 154 valence electrons. The van der Waals surface area contributed by atoms with Gasteiger partial charge in [-0.3, -0.25) is 4.79 Å². The lowest BCUT2D eigenvalue weighted by molar-refractivity contribution is -0.123. The van der Waals surface area contributed by atoms with E-state index in [9.17, 15) is 4.79 Å². The lowest BCUT2D eigenvalue weighted by Gasteiger charge is -2.39. The summed E-state index contributed by atoms with van der Waals surface area (Å²) in [6.45, 7) is 22.7. The van der Waals surface area contributed by atoms with E-state index in [4.69, 9.17) is 5.11 Å². The lowest BCUT2D eigenvalue weighted by Crippen LogP contribution is -2.34. The normalized spacial score (nSPS) is 15.4. The third-order valence-corrected chi connectivity index (χ3v) is 5.74. The van der Waals surface area contributed by atoms with E-state index in [1.54, 1.807) is 0 Å². The van der Waals surface area contributed by atoms with Crippen molar-refractivity contribution in [2.45, 2.75) is 93.9 Å². The predicted molar refractivity (Wildman–Crippen MR) is 113 cm³/mol. The number of amides is 1. The highest BCUT2D eigenvalue weighted by Crippen LogP contribution is 2.45. The van der Waals surface area contributed by atoms with Crippen molar-refractivity contribution in [2.24, 2.45) is 21.7 Å². The number of nitrogens with one attached hydrogen (secondary N) is 1. The van der Waals surface area contributed by atoms with Gasteiger partial charge < -0.3 is 10.4 Å². The van der Waals surface area contributed by atoms with Crippen LogP contribution >= 0.6 is 0 Å². The van der Waals surface area contributed by atoms with Gasteiger partial charge in [0.05, 0.1) is 6.61 Å². The molecule has 1 unspecified atom stereocenters. The van der Waals surface area contributed by atoms with Crippen molar-refractivity contribution in [3.8, 4) is 0 Å². The van der Waals surface area contributed by atoms with Crippen LogP contribution in [0.25, 0.3) is 0 Å². The van der Waals surface area contributed by atoms with Crippen LogP contribution in [0.1, 0.15) is 93.9 Å². The molecule has 0 rings (SSSR count). The van der Waals surface area contributed by atoms with Crippen molar-refractivity contribution in [1.82, 2.24) is 5.32 Å². The Labute approximate surface area is 163 Å². The molecule has 0 aromatic rings. The maximum Gasteiger partial charge on any atom is 0.220 e. The van der Waals surface area contributed by atoms with Gasteiger partial charge in [-0.05, 0) is 47.3 Å². The van der Waals surface area contributed by atoms with E-state index in [1.165, 1.54) is 12.8 Å². The summed E-state index contributed by atoms with van der Waals surface area (Å²) >= 11 is 0. The molecule has 0 saturated heterocycles. The number of rotatable bonds is 13. The fourth-order valence-electron chi connectivity index (χ4n) is 4.24. The molecule has 26 heavy (non-hydrogen) atoms. The Morgan fingerprint density at radius 3 is 2.00 bits per heavy atom. The first-order chi connectivity index (χ1) is 11.7. The Kier molecular flexibility index (Phi) is 9.60. The molecule has 0 heterocycles. The van der Waals surface area contributed by atoms with Gasteiger partial charge in [0.15, 0.2) is 0 Å². The molecule has 0 fully saturated rings. The molecule has 0 aliphatic rings. The minimum Gasteiger partial charge on any atom is -0.395 e. The van der Waals surface area contributed by atoms with E-state index in [1.807, 2.05) is 0 Å². The molecule has 1 atom stereocenters. The van der Waals surface area contributed by atoms with Crippen LogP contribution in [0.4, 0.5) is 0 Å². The molecule has 0 aromatic heterocycles. The van der Waals surface area contributed by atoms with Crippen LogP contribution in [0.2, 0.25) is 0 Å². The molecular weight excluding hydrogens is 322 g/mol. The van der Waals surface area contributed by atoms with Gasteiger partial charge in [0.1, 0.15) is 0 Å². The van der Waals surface area contributed by atoms with E-state index in [-0.39, 0.29) is 23.3 Å². The van der Waals surface area contributed by atoms with Gasteiger partial charge >= 0.3 is 0 Å². The monoisotopic (exact) mass is 367 g/mol. The lowest BCUT2D eigenvalue weighted by atomic mass is 9.66. The molecule has 0 radical (unpaired) electrons. The Hall–Kier alpha value is -0.830. The van der Waals surface area contributed by atoms with E-state index in [0.717, 1.165) is 19.3 Å². The van der Waals surface area contributed by atoms with Gasteiger partial charge in [-0.2, -0.15) is 0 Å². The largest absolute Gasteiger partial charge is 0.395 e. The number of aliphatic hydroxyl groups excluding tert-OH is 1. The molecule has 2 N–H and O–H groups in total. The molecule has 1 amide bonds. The molecule has 0 spiro atoms. The summed E-state index contributed by atoms with van der Waals surface area (Å²) in [5.74, 6) is 0.0143. The van der Waals surface area contributed by atoms with Gasteiger partial charge in [0, 0.05) is 13.0 Å². The average molecular weight is 368 g/mol. The fraction of sp³-hybridized carbons (Fsp3) is 0.870. The third-order valence-electron chi connectivity index (χ3n) is 5.74. The van der Waals surface area contributed by atoms with Crippen LogP contribution in [0.5, 0.6) is 0 Å². The zero-order chi connectivity index (χ0) is 20.6. The van der Waals surface area contributed by atoms with Crippen molar-refractivity contribution in [1.29, 1.82) is 0 Å². The highest BCUT2D eigenvalue weighted by atomic mass is 16.3. The van der Waals surface area contributed by atoms with Crippen LogP contribution in [-0.4, -0.2) is 24.2 Å². The number of carbonyl (C=O) groups excluding carboxylic acids is 1. The second-order valence-corrected chi connectivity index (χ2v) is 10.8. The second-order valence-electron chi connectivity index (χ2n) is 10.8. The minimum atomic E-state index is -0.102. The standard InChI is InChI=1S/C23H45NO2/c1-10-20(3,4)17-21(5,6)12-13-23(9,11-2)18-22(7,8)16-19(26)24-14-15-25/h11,25H,2,10,12-18H2,1,3-9H3,(H,24,26). The van der Waals surface area contributed by atoms with Crippen molar-refractivity contribution >= 4 is 5.91 Å². The average Bonchev–Trinajstić information content (AvgIpc) is 2.49. The van der Waals surface area contributed by atoms with Gasteiger partial charge in [0.2, 0.25) is 5.91 Å². The molecule has 0 saturated carbocycles. The van der Waals surface area contributed by atoms with Gasteiger partial charge in [0.25, 0.3) is 0 Å². The predicted octanol–water partition coefficient (Wildman–Crippen LogP) is 5.73. The first-order valence-electron chi connectivity index (χ1n) is 10.2. The Morgan fingerprint density at radius 2 is 1.54 bits per heavy atom. The zero-order valence-electron chi connectivity index (χ0n) is 18.8. The van der Waals surface area contributed by atoms with Gasteiger partial charge in [-0.25, -0.2) is 0 Å². The zero-order valence-corrected chi connectivity index (χ0v) is 18.8. The van der Waals surface area contributed by atoms with E-state index in [0.29, 0.717) is 23.8 Å². The Bertz CT molecular complexity index is 451. The van der Waals surface area contributed by atoms with Gasteiger partial charge in [-0.15, -0.1) is 6.58 Å². The number of carbonyl (C=O) groups is 1. The van der Waals surface area contributed by atoms with E-state index >= 15 is 0 Å². The second kappa shape index (κ2) is 9.92. The molecule has 0 bridgehead atoms. The first kappa shape index (κ1) is 25.2. The number of hydrogen-bond acceptors (Lipinski definition) is 2. The number of allylic oxidation sites excluding steroid dienone is 1. The molecule has 0 aliphatic carbocycles. The molecule has 0 aromatic carbocycles. The maximum atomic E-state index is 12.1. The maximum absolute atomic E-state index is 12.1. The van der Waals surface area contributed by atoms with Crippen LogP contribution in [0, 0.1) is 21.7 Å². The molecule has 0 aliphatic heterocycles. The summed E-state index contributed by atoms with van der Waals surface area (Å²) in [6, 6.07) is 0. The summed E-state index contributed by atoms with van der Waals surface area (Å²) in [7, 11) is 0. The van der Waals surface area contributed by atoms with Crippen molar-refractivity contribution in [3.63, 3.8) is 0 Å².